The molecular weight excluding hydrogens is 436 g/mol. The molecule has 0 radical (unpaired) electrons. The number of aromatic nitrogens is 2. The number of carbonyl (C=O) groups is 3. The molecule has 1 unspecified atom stereocenters. The first-order valence-corrected chi connectivity index (χ1v) is 11.1. The molecule has 2 aliphatic rings. The third-order valence-corrected chi connectivity index (χ3v) is 6.44. The van der Waals surface area contributed by atoms with Crippen molar-refractivity contribution in [2.75, 3.05) is 25.0 Å². The molecular formula is C25H24N4O5. The number of carboxylic acid groups (broad SMARTS) is 1. The van der Waals surface area contributed by atoms with Crippen LogP contribution in [0.2, 0.25) is 0 Å². The number of nitrogens with zero attached hydrogens (tertiary/aromatic N) is 3. The fraction of sp³-hybridized carbons (Fsp3) is 0.280. The lowest BCUT2D eigenvalue weighted by molar-refractivity contribution is -0.141. The van der Waals surface area contributed by atoms with Crippen LogP contribution >= 0.6 is 0 Å². The molecule has 0 bridgehead atoms. The number of hydrogen-bond donors (Lipinski definition) is 2. The van der Waals surface area contributed by atoms with Crippen molar-refractivity contribution in [3.05, 3.63) is 71.5 Å². The summed E-state index contributed by atoms with van der Waals surface area (Å²) in [6.07, 6.45) is 1.23. The molecule has 1 aliphatic heterocycles. The summed E-state index contributed by atoms with van der Waals surface area (Å²) < 4.78 is 7.00. The highest BCUT2D eigenvalue weighted by Crippen LogP contribution is 2.44. The van der Waals surface area contributed by atoms with Crippen LogP contribution in [0, 0.1) is 5.92 Å². The number of aryl methyl sites for hydroxylation is 1. The lowest BCUT2D eigenvalue weighted by Crippen LogP contribution is -2.31. The first-order chi connectivity index (χ1) is 16.4. The summed E-state index contributed by atoms with van der Waals surface area (Å²) >= 11 is 0. The average molecular weight is 460 g/mol. The maximum Gasteiger partial charge on any atom is 0.411 e. The van der Waals surface area contributed by atoms with Crippen molar-refractivity contribution in [2.24, 2.45) is 13.0 Å². The van der Waals surface area contributed by atoms with Gasteiger partial charge in [-0.3, -0.25) is 19.6 Å². The fourth-order valence-electron chi connectivity index (χ4n) is 4.78. The van der Waals surface area contributed by atoms with Gasteiger partial charge in [0.05, 0.1) is 11.6 Å². The van der Waals surface area contributed by atoms with E-state index in [2.05, 4.69) is 22.5 Å². The smallest absolute Gasteiger partial charge is 0.411 e. The van der Waals surface area contributed by atoms with Gasteiger partial charge in [-0.25, -0.2) is 4.79 Å². The monoisotopic (exact) mass is 460 g/mol. The van der Waals surface area contributed by atoms with Crippen molar-refractivity contribution in [1.29, 1.82) is 0 Å². The number of ether oxygens (including phenoxy) is 1. The molecule has 1 fully saturated rings. The number of aliphatic carboxylic acids is 1. The Morgan fingerprint density at radius 1 is 1.09 bits per heavy atom. The number of amides is 2. The van der Waals surface area contributed by atoms with E-state index < -0.39 is 23.9 Å². The van der Waals surface area contributed by atoms with Crippen LogP contribution < -0.4 is 5.32 Å². The Labute approximate surface area is 195 Å². The van der Waals surface area contributed by atoms with Crippen molar-refractivity contribution in [3.8, 4) is 11.1 Å². The molecule has 0 saturated carbocycles. The number of benzene rings is 2. The highest BCUT2D eigenvalue weighted by atomic mass is 16.5. The number of fused-ring (bicyclic) bond motifs is 3. The normalized spacial score (nSPS) is 16.7. The molecule has 0 spiro atoms. The van der Waals surface area contributed by atoms with E-state index in [9.17, 15) is 19.5 Å². The van der Waals surface area contributed by atoms with Gasteiger partial charge in [-0.15, -0.1) is 0 Å². The van der Waals surface area contributed by atoms with Gasteiger partial charge in [0.2, 0.25) is 0 Å². The molecule has 9 heteroatoms. The standard InChI is InChI=1S/C25H24N4O5/c1-28-13-21(22(27-28)23(30)29-11-10-15(12-29)24(31)32)26-25(33)34-14-20-18-8-4-2-6-16(18)17-7-3-5-9-19(17)20/h2-9,13,15,20H,10-12,14H2,1H3,(H,26,33)(H,31,32). The lowest BCUT2D eigenvalue weighted by Gasteiger charge is -2.16. The van der Waals surface area contributed by atoms with Crippen molar-refractivity contribution in [1.82, 2.24) is 14.7 Å². The number of hydrogen-bond acceptors (Lipinski definition) is 5. The molecule has 3 aromatic rings. The quantitative estimate of drug-likeness (QED) is 0.604. The lowest BCUT2D eigenvalue weighted by atomic mass is 9.98. The average Bonchev–Trinajstić information content (AvgIpc) is 3.53. The Hall–Kier alpha value is -4.14. The van der Waals surface area contributed by atoms with Crippen LogP contribution in [-0.4, -0.2) is 57.5 Å². The molecule has 1 atom stereocenters. The van der Waals surface area contributed by atoms with E-state index in [1.807, 2.05) is 36.4 Å². The Morgan fingerprint density at radius 2 is 1.74 bits per heavy atom. The number of nitrogens with one attached hydrogen (secondary N) is 1. The predicted molar refractivity (Wildman–Crippen MR) is 124 cm³/mol. The van der Waals surface area contributed by atoms with Crippen LogP contribution in [0.1, 0.15) is 34.0 Å². The molecule has 2 N–H and O–H groups in total. The van der Waals surface area contributed by atoms with Crippen LogP contribution in [0.15, 0.2) is 54.7 Å². The number of carbonyl (C=O) groups excluding carboxylic acids is 2. The molecule has 2 heterocycles. The fourth-order valence-corrected chi connectivity index (χ4v) is 4.78. The molecule has 1 saturated heterocycles. The van der Waals surface area contributed by atoms with E-state index in [-0.39, 0.29) is 30.5 Å². The van der Waals surface area contributed by atoms with Gasteiger partial charge in [0.15, 0.2) is 5.69 Å². The minimum absolute atomic E-state index is 0.0575. The second kappa shape index (κ2) is 8.66. The van der Waals surface area contributed by atoms with E-state index in [0.717, 1.165) is 22.3 Å². The molecule has 34 heavy (non-hydrogen) atoms. The van der Waals surface area contributed by atoms with Gasteiger partial charge in [0, 0.05) is 32.3 Å². The van der Waals surface area contributed by atoms with E-state index >= 15 is 0 Å². The highest BCUT2D eigenvalue weighted by molar-refractivity contribution is 6.01. The maximum atomic E-state index is 12.9. The second-order valence-corrected chi connectivity index (χ2v) is 8.59. The SMILES string of the molecule is Cn1cc(NC(=O)OCC2c3ccccc3-c3ccccc32)c(C(=O)N2CCC(C(=O)O)C2)n1. The topological polar surface area (TPSA) is 114 Å². The largest absolute Gasteiger partial charge is 0.481 e. The van der Waals surface area contributed by atoms with Crippen LogP contribution in [0.4, 0.5) is 10.5 Å². The number of carboxylic acids is 1. The minimum atomic E-state index is -0.923. The van der Waals surface area contributed by atoms with Gasteiger partial charge in [-0.05, 0) is 28.7 Å². The summed E-state index contributed by atoms with van der Waals surface area (Å²) in [5, 5.41) is 16.0. The molecule has 2 amide bonds. The molecule has 5 rings (SSSR count). The zero-order chi connectivity index (χ0) is 23.8. The summed E-state index contributed by atoms with van der Waals surface area (Å²) in [4.78, 5) is 38.3. The summed E-state index contributed by atoms with van der Waals surface area (Å²) in [6, 6.07) is 16.1. The third-order valence-electron chi connectivity index (χ3n) is 6.44. The Morgan fingerprint density at radius 3 is 2.35 bits per heavy atom. The number of rotatable bonds is 5. The molecule has 9 nitrogen and oxygen atoms in total. The predicted octanol–water partition coefficient (Wildman–Crippen LogP) is 3.33. The zero-order valence-corrected chi connectivity index (χ0v) is 18.6. The van der Waals surface area contributed by atoms with Gasteiger partial charge in [0.1, 0.15) is 6.61 Å². The number of likely N-dealkylation sites (tertiary alicyclic amines) is 1. The van der Waals surface area contributed by atoms with E-state index in [1.54, 1.807) is 7.05 Å². The summed E-state index contributed by atoms with van der Waals surface area (Å²) in [7, 11) is 1.64. The van der Waals surface area contributed by atoms with Crippen molar-refractivity contribution in [2.45, 2.75) is 12.3 Å². The zero-order valence-electron chi connectivity index (χ0n) is 18.6. The van der Waals surface area contributed by atoms with Crippen LogP contribution in [-0.2, 0) is 16.6 Å². The molecule has 174 valence electrons. The first-order valence-electron chi connectivity index (χ1n) is 11.1. The second-order valence-electron chi connectivity index (χ2n) is 8.59. The Bertz CT molecular complexity index is 1240. The van der Waals surface area contributed by atoms with Gasteiger partial charge in [0.25, 0.3) is 5.91 Å². The Balaban J connectivity index is 1.28. The van der Waals surface area contributed by atoms with Gasteiger partial charge < -0.3 is 14.7 Å². The van der Waals surface area contributed by atoms with Gasteiger partial charge in [-0.2, -0.15) is 5.10 Å². The first kappa shape index (κ1) is 21.7. The summed E-state index contributed by atoms with van der Waals surface area (Å²) in [5.41, 5.74) is 4.77. The maximum absolute atomic E-state index is 12.9. The third kappa shape index (κ3) is 3.89. The van der Waals surface area contributed by atoms with Crippen LogP contribution in [0.5, 0.6) is 0 Å². The molecule has 2 aromatic carbocycles. The van der Waals surface area contributed by atoms with E-state index in [4.69, 9.17) is 4.74 Å². The summed E-state index contributed by atoms with van der Waals surface area (Å²) in [6.45, 7) is 0.599. The van der Waals surface area contributed by atoms with Crippen LogP contribution in [0.3, 0.4) is 0 Å². The van der Waals surface area contributed by atoms with E-state index in [0.29, 0.717) is 13.0 Å². The molecule has 1 aromatic heterocycles. The Kier molecular flexibility index (Phi) is 5.53. The molecule has 1 aliphatic carbocycles. The minimum Gasteiger partial charge on any atom is -0.481 e. The number of anilines is 1. The van der Waals surface area contributed by atoms with Crippen LogP contribution in [0.25, 0.3) is 11.1 Å². The van der Waals surface area contributed by atoms with Crippen molar-refractivity contribution >= 4 is 23.7 Å². The van der Waals surface area contributed by atoms with Gasteiger partial charge >= 0.3 is 12.1 Å². The van der Waals surface area contributed by atoms with Crippen molar-refractivity contribution in [3.63, 3.8) is 0 Å². The van der Waals surface area contributed by atoms with Gasteiger partial charge in [-0.1, -0.05) is 48.5 Å². The van der Waals surface area contributed by atoms with Crippen molar-refractivity contribution < 1.29 is 24.2 Å². The highest BCUT2D eigenvalue weighted by Gasteiger charge is 2.34. The van der Waals surface area contributed by atoms with E-state index in [1.165, 1.54) is 15.8 Å². The summed E-state index contributed by atoms with van der Waals surface area (Å²) in [5.74, 6) is -2.01.